The standard InChI is InChI=1S/C20H23N5O/c1-14-20(15(2)26-24-14)16-5-6-19(23-10-16)17-4-3-9-25(12-17)13-18-11-21-7-8-22-18/h5-8,10-11,17H,3-4,9,12-13H2,1-2H3/t17-/m1/s1. The maximum Gasteiger partial charge on any atom is 0.141 e. The van der Waals surface area contributed by atoms with Crippen LogP contribution in [0.3, 0.4) is 0 Å². The lowest BCUT2D eigenvalue weighted by Crippen LogP contribution is -2.34. The number of pyridine rings is 1. The number of hydrogen-bond donors (Lipinski definition) is 0. The molecule has 0 unspecified atom stereocenters. The largest absolute Gasteiger partial charge is 0.361 e. The number of aryl methyl sites for hydroxylation is 2. The van der Waals surface area contributed by atoms with E-state index in [4.69, 9.17) is 9.51 Å². The zero-order chi connectivity index (χ0) is 17.9. The summed E-state index contributed by atoms with van der Waals surface area (Å²) in [5, 5.41) is 4.03. The quantitative estimate of drug-likeness (QED) is 0.718. The van der Waals surface area contributed by atoms with Gasteiger partial charge in [-0.2, -0.15) is 0 Å². The molecular formula is C20H23N5O. The predicted octanol–water partition coefficient (Wildman–Crippen LogP) is 3.52. The molecule has 1 aliphatic rings. The second kappa shape index (κ2) is 7.33. The van der Waals surface area contributed by atoms with Gasteiger partial charge in [0.1, 0.15) is 5.76 Å². The molecule has 4 rings (SSSR count). The van der Waals surface area contributed by atoms with E-state index in [9.17, 15) is 0 Å². The minimum absolute atomic E-state index is 0.458. The molecular weight excluding hydrogens is 326 g/mol. The summed E-state index contributed by atoms with van der Waals surface area (Å²) in [5.41, 5.74) is 5.21. The van der Waals surface area contributed by atoms with Crippen LogP contribution < -0.4 is 0 Å². The minimum atomic E-state index is 0.458. The molecule has 3 aromatic heterocycles. The van der Waals surface area contributed by atoms with E-state index >= 15 is 0 Å². The topological polar surface area (TPSA) is 67.9 Å². The van der Waals surface area contributed by atoms with Crippen LogP contribution in [0.2, 0.25) is 0 Å². The lowest BCUT2D eigenvalue weighted by Gasteiger charge is -2.32. The van der Waals surface area contributed by atoms with Gasteiger partial charge in [-0.15, -0.1) is 0 Å². The van der Waals surface area contributed by atoms with Crippen molar-refractivity contribution in [3.63, 3.8) is 0 Å². The fraction of sp³-hybridized carbons (Fsp3) is 0.400. The molecule has 134 valence electrons. The van der Waals surface area contributed by atoms with Gasteiger partial charge in [0.25, 0.3) is 0 Å². The number of likely N-dealkylation sites (tertiary alicyclic amines) is 1. The molecule has 0 radical (unpaired) electrons. The van der Waals surface area contributed by atoms with Gasteiger partial charge in [0, 0.05) is 60.6 Å². The van der Waals surface area contributed by atoms with Crippen molar-refractivity contribution < 1.29 is 4.52 Å². The average Bonchev–Trinajstić information content (AvgIpc) is 3.01. The average molecular weight is 349 g/mol. The predicted molar refractivity (Wildman–Crippen MR) is 98.5 cm³/mol. The molecule has 3 aromatic rings. The van der Waals surface area contributed by atoms with Crippen molar-refractivity contribution >= 4 is 0 Å². The van der Waals surface area contributed by atoms with Crippen LogP contribution in [0, 0.1) is 13.8 Å². The molecule has 4 heterocycles. The molecule has 0 aliphatic carbocycles. The van der Waals surface area contributed by atoms with Gasteiger partial charge in [-0.3, -0.25) is 19.9 Å². The van der Waals surface area contributed by atoms with E-state index in [2.05, 4.69) is 32.2 Å². The van der Waals surface area contributed by atoms with Crippen LogP contribution in [0.4, 0.5) is 0 Å². The second-order valence-corrected chi connectivity index (χ2v) is 6.94. The van der Waals surface area contributed by atoms with E-state index in [0.29, 0.717) is 5.92 Å². The SMILES string of the molecule is Cc1noc(C)c1-c1ccc([C@@H]2CCCN(Cc3cnccn3)C2)nc1. The number of rotatable bonds is 4. The van der Waals surface area contributed by atoms with Gasteiger partial charge < -0.3 is 4.52 Å². The van der Waals surface area contributed by atoms with Crippen LogP contribution in [-0.4, -0.2) is 38.1 Å². The summed E-state index contributed by atoms with van der Waals surface area (Å²) in [6.45, 7) is 6.86. The number of aromatic nitrogens is 4. The molecule has 0 aromatic carbocycles. The van der Waals surface area contributed by atoms with Gasteiger partial charge in [0.15, 0.2) is 0 Å². The lowest BCUT2D eigenvalue weighted by atomic mass is 9.93. The summed E-state index contributed by atoms with van der Waals surface area (Å²) >= 11 is 0. The van der Waals surface area contributed by atoms with Crippen molar-refractivity contribution in [1.29, 1.82) is 0 Å². The first kappa shape index (κ1) is 16.8. The number of piperidine rings is 1. The molecule has 0 amide bonds. The Kier molecular flexibility index (Phi) is 4.75. The Morgan fingerprint density at radius 2 is 2.08 bits per heavy atom. The van der Waals surface area contributed by atoms with E-state index in [-0.39, 0.29) is 0 Å². The highest BCUT2D eigenvalue weighted by Gasteiger charge is 2.23. The number of nitrogens with zero attached hydrogens (tertiary/aromatic N) is 5. The van der Waals surface area contributed by atoms with Crippen molar-refractivity contribution in [3.05, 3.63) is 59.8 Å². The first-order valence-electron chi connectivity index (χ1n) is 9.07. The molecule has 0 saturated carbocycles. The molecule has 26 heavy (non-hydrogen) atoms. The van der Waals surface area contributed by atoms with Crippen LogP contribution in [0.1, 0.15) is 41.6 Å². The lowest BCUT2D eigenvalue weighted by molar-refractivity contribution is 0.196. The molecule has 6 heteroatoms. The Morgan fingerprint density at radius 3 is 2.77 bits per heavy atom. The van der Waals surface area contributed by atoms with Gasteiger partial charge in [-0.1, -0.05) is 11.2 Å². The summed E-state index contributed by atoms with van der Waals surface area (Å²) in [5.74, 6) is 1.30. The van der Waals surface area contributed by atoms with E-state index in [1.165, 1.54) is 12.8 Å². The molecule has 1 fully saturated rings. The molecule has 1 atom stereocenters. The van der Waals surface area contributed by atoms with E-state index in [1.807, 2.05) is 26.2 Å². The maximum atomic E-state index is 5.27. The third-order valence-electron chi connectivity index (χ3n) is 5.03. The highest BCUT2D eigenvalue weighted by molar-refractivity contribution is 5.66. The first-order valence-corrected chi connectivity index (χ1v) is 9.07. The Labute approximate surface area is 153 Å². The molecule has 6 nitrogen and oxygen atoms in total. The molecule has 1 saturated heterocycles. The first-order chi connectivity index (χ1) is 12.7. The smallest absolute Gasteiger partial charge is 0.141 e. The van der Waals surface area contributed by atoms with Gasteiger partial charge in [0.05, 0.1) is 11.4 Å². The Morgan fingerprint density at radius 1 is 1.15 bits per heavy atom. The summed E-state index contributed by atoms with van der Waals surface area (Å²) in [7, 11) is 0. The highest BCUT2D eigenvalue weighted by atomic mass is 16.5. The molecule has 0 bridgehead atoms. The summed E-state index contributed by atoms with van der Waals surface area (Å²) in [6.07, 6.45) is 9.62. The highest BCUT2D eigenvalue weighted by Crippen LogP contribution is 2.30. The summed E-state index contributed by atoms with van der Waals surface area (Å²) < 4.78 is 5.27. The van der Waals surface area contributed by atoms with E-state index in [0.717, 1.165) is 53.6 Å². The van der Waals surface area contributed by atoms with Gasteiger partial charge in [-0.25, -0.2) is 0 Å². The van der Waals surface area contributed by atoms with Crippen molar-refractivity contribution in [1.82, 2.24) is 25.0 Å². The summed E-state index contributed by atoms with van der Waals surface area (Å²) in [6, 6.07) is 4.29. The zero-order valence-corrected chi connectivity index (χ0v) is 15.2. The van der Waals surface area contributed by atoms with E-state index in [1.54, 1.807) is 12.4 Å². The van der Waals surface area contributed by atoms with Gasteiger partial charge in [-0.05, 0) is 39.3 Å². The van der Waals surface area contributed by atoms with Crippen molar-refractivity contribution in [2.24, 2.45) is 0 Å². The van der Waals surface area contributed by atoms with E-state index < -0.39 is 0 Å². The summed E-state index contributed by atoms with van der Waals surface area (Å²) in [4.78, 5) is 15.8. The number of hydrogen-bond acceptors (Lipinski definition) is 6. The minimum Gasteiger partial charge on any atom is -0.361 e. The van der Waals surface area contributed by atoms with Crippen molar-refractivity contribution in [3.8, 4) is 11.1 Å². The Bertz CT molecular complexity index is 840. The Hall–Kier alpha value is -2.60. The molecule has 0 spiro atoms. The molecule has 1 aliphatic heterocycles. The van der Waals surface area contributed by atoms with Crippen LogP contribution in [0.5, 0.6) is 0 Å². The fourth-order valence-corrected chi connectivity index (χ4v) is 3.77. The maximum absolute atomic E-state index is 5.27. The Balaban J connectivity index is 1.47. The second-order valence-electron chi connectivity index (χ2n) is 6.94. The van der Waals surface area contributed by atoms with Gasteiger partial charge >= 0.3 is 0 Å². The van der Waals surface area contributed by atoms with Crippen molar-refractivity contribution in [2.75, 3.05) is 13.1 Å². The van der Waals surface area contributed by atoms with Crippen molar-refractivity contribution in [2.45, 2.75) is 39.2 Å². The van der Waals surface area contributed by atoms with Crippen LogP contribution in [0.25, 0.3) is 11.1 Å². The molecule has 0 N–H and O–H groups in total. The third kappa shape index (κ3) is 3.51. The normalized spacial score (nSPS) is 18.2. The van der Waals surface area contributed by atoms with Crippen LogP contribution >= 0.6 is 0 Å². The van der Waals surface area contributed by atoms with Crippen LogP contribution in [0.15, 0.2) is 41.4 Å². The monoisotopic (exact) mass is 349 g/mol. The fourth-order valence-electron chi connectivity index (χ4n) is 3.77. The van der Waals surface area contributed by atoms with Crippen LogP contribution in [-0.2, 0) is 6.54 Å². The third-order valence-corrected chi connectivity index (χ3v) is 5.03. The van der Waals surface area contributed by atoms with Gasteiger partial charge in [0.2, 0.25) is 0 Å². The zero-order valence-electron chi connectivity index (χ0n) is 15.2.